The number of benzene rings is 1. The molecule has 5 nitrogen and oxygen atoms in total. The highest BCUT2D eigenvalue weighted by Gasteiger charge is 2.12. The van der Waals surface area contributed by atoms with E-state index in [0.717, 1.165) is 15.8 Å². The monoisotopic (exact) mass is 387 g/mol. The molecule has 0 atom stereocenters. The highest BCUT2D eigenvalue weighted by molar-refractivity contribution is 9.10. The van der Waals surface area contributed by atoms with Crippen LogP contribution in [0.25, 0.3) is 22.4 Å². The molecule has 0 amide bonds. The van der Waals surface area contributed by atoms with Crippen LogP contribution in [0.3, 0.4) is 0 Å². The number of hydrogen-bond donors (Lipinski definition) is 0. The zero-order valence-electron chi connectivity index (χ0n) is 12.0. The average molecular weight is 388 g/mol. The maximum atomic E-state index is 12.4. The lowest BCUT2D eigenvalue weighted by Gasteiger charge is -1.94. The number of rotatable bonds is 2. The lowest BCUT2D eigenvalue weighted by Crippen LogP contribution is -2.23. The van der Waals surface area contributed by atoms with Gasteiger partial charge in [-0.2, -0.15) is 9.50 Å². The molecule has 4 rings (SSSR count). The number of aryl methyl sites for hydroxylation is 1. The molecular weight excluding hydrogens is 378 g/mol. The maximum Gasteiger partial charge on any atom is 0.291 e. The standard InChI is InChI=1S/C16H10BrN3O2S/c1-9-2-7-12(22-9)8-13-15(21)20-16(23-13)18-14(19-20)10-3-5-11(17)6-4-10/h2-8H,1H3/b13-8-. The van der Waals surface area contributed by atoms with Crippen LogP contribution in [0.2, 0.25) is 0 Å². The van der Waals surface area contributed by atoms with Crippen molar-refractivity contribution in [3.63, 3.8) is 0 Å². The molecule has 0 unspecified atom stereocenters. The Morgan fingerprint density at radius 3 is 2.65 bits per heavy atom. The minimum atomic E-state index is -0.185. The Labute approximate surface area is 143 Å². The topological polar surface area (TPSA) is 60.4 Å². The first-order valence-electron chi connectivity index (χ1n) is 6.84. The molecule has 0 aliphatic heterocycles. The van der Waals surface area contributed by atoms with Crippen molar-refractivity contribution in [1.29, 1.82) is 0 Å². The van der Waals surface area contributed by atoms with Crippen molar-refractivity contribution >= 4 is 38.3 Å². The lowest BCUT2D eigenvalue weighted by molar-refractivity contribution is 0.525. The first-order chi connectivity index (χ1) is 11.1. The second-order valence-electron chi connectivity index (χ2n) is 5.00. The summed E-state index contributed by atoms with van der Waals surface area (Å²) in [5.74, 6) is 2.00. The number of halogens is 1. The Hall–Kier alpha value is -2.25. The van der Waals surface area contributed by atoms with E-state index in [1.165, 1.54) is 15.9 Å². The van der Waals surface area contributed by atoms with Crippen LogP contribution in [-0.2, 0) is 0 Å². The zero-order chi connectivity index (χ0) is 16.0. The highest BCUT2D eigenvalue weighted by Crippen LogP contribution is 2.19. The molecule has 1 aromatic carbocycles. The van der Waals surface area contributed by atoms with Crippen LogP contribution in [0.4, 0.5) is 0 Å². The van der Waals surface area contributed by atoms with Gasteiger partial charge in [0.15, 0.2) is 5.82 Å². The van der Waals surface area contributed by atoms with Crippen molar-refractivity contribution in [2.75, 3.05) is 0 Å². The van der Waals surface area contributed by atoms with Crippen LogP contribution in [0, 0.1) is 6.92 Å². The van der Waals surface area contributed by atoms with Gasteiger partial charge in [0.1, 0.15) is 16.1 Å². The SMILES string of the molecule is Cc1ccc(/C=c2\sc3nc(-c4ccc(Br)cc4)nn3c2=O)o1. The van der Waals surface area contributed by atoms with Gasteiger partial charge in [0.05, 0.1) is 0 Å². The van der Waals surface area contributed by atoms with Crippen LogP contribution < -0.4 is 10.1 Å². The van der Waals surface area contributed by atoms with Gasteiger partial charge < -0.3 is 4.42 Å². The first-order valence-corrected chi connectivity index (χ1v) is 8.45. The van der Waals surface area contributed by atoms with Gasteiger partial charge in [-0.3, -0.25) is 4.79 Å². The molecule has 0 aliphatic rings. The molecule has 0 aliphatic carbocycles. The predicted molar refractivity (Wildman–Crippen MR) is 92.5 cm³/mol. The van der Waals surface area contributed by atoms with Gasteiger partial charge in [-0.1, -0.05) is 39.4 Å². The minimum absolute atomic E-state index is 0.185. The van der Waals surface area contributed by atoms with Crippen molar-refractivity contribution < 1.29 is 4.42 Å². The molecule has 0 bridgehead atoms. The zero-order valence-corrected chi connectivity index (χ0v) is 14.4. The molecule has 0 saturated heterocycles. The third kappa shape index (κ3) is 2.62. The van der Waals surface area contributed by atoms with Crippen LogP contribution in [0.1, 0.15) is 11.5 Å². The molecule has 0 fully saturated rings. The number of nitrogens with zero attached hydrogens (tertiary/aromatic N) is 3. The minimum Gasteiger partial charge on any atom is -0.462 e. The van der Waals surface area contributed by atoms with Crippen molar-refractivity contribution in [2.45, 2.75) is 6.92 Å². The van der Waals surface area contributed by atoms with Crippen molar-refractivity contribution in [2.24, 2.45) is 0 Å². The fourth-order valence-corrected chi connectivity index (χ4v) is 3.37. The summed E-state index contributed by atoms with van der Waals surface area (Å²) in [6, 6.07) is 11.3. The van der Waals surface area contributed by atoms with E-state index >= 15 is 0 Å². The third-order valence-corrected chi connectivity index (χ3v) is 4.81. The molecular formula is C16H10BrN3O2S. The highest BCUT2D eigenvalue weighted by atomic mass is 79.9. The van der Waals surface area contributed by atoms with Gasteiger partial charge in [-0.05, 0) is 31.2 Å². The van der Waals surface area contributed by atoms with E-state index in [0.29, 0.717) is 21.1 Å². The molecule has 23 heavy (non-hydrogen) atoms. The Morgan fingerprint density at radius 1 is 1.22 bits per heavy atom. The second kappa shape index (κ2) is 5.43. The van der Waals surface area contributed by atoms with Gasteiger partial charge in [0.2, 0.25) is 4.96 Å². The van der Waals surface area contributed by atoms with E-state index < -0.39 is 0 Å². The van der Waals surface area contributed by atoms with E-state index in [-0.39, 0.29) is 5.56 Å². The molecule has 7 heteroatoms. The fraction of sp³-hybridized carbons (Fsp3) is 0.0625. The number of fused-ring (bicyclic) bond motifs is 1. The summed E-state index contributed by atoms with van der Waals surface area (Å²) in [4.78, 5) is 17.4. The lowest BCUT2D eigenvalue weighted by atomic mass is 10.2. The van der Waals surface area contributed by atoms with E-state index in [1.807, 2.05) is 43.3 Å². The molecule has 3 aromatic heterocycles. The summed E-state index contributed by atoms with van der Waals surface area (Å²) in [5, 5.41) is 4.32. The number of aromatic nitrogens is 3. The predicted octanol–water partition coefficient (Wildman–Crippen LogP) is 3.03. The van der Waals surface area contributed by atoms with Crippen LogP contribution >= 0.6 is 27.3 Å². The summed E-state index contributed by atoms with van der Waals surface area (Å²) in [6.07, 6.45) is 1.72. The summed E-state index contributed by atoms with van der Waals surface area (Å²) in [5.41, 5.74) is 0.686. The van der Waals surface area contributed by atoms with E-state index in [9.17, 15) is 4.79 Å². The number of furan rings is 1. The normalized spacial score (nSPS) is 12.3. The van der Waals surface area contributed by atoms with Crippen molar-refractivity contribution in [1.82, 2.24) is 14.6 Å². The molecule has 0 N–H and O–H groups in total. The first kappa shape index (κ1) is 14.3. The molecule has 114 valence electrons. The third-order valence-electron chi connectivity index (χ3n) is 3.32. The smallest absolute Gasteiger partial charge is 0.291 e. The summed E-state index contributed by atoms with van der Waals surface area (Å²) in [6.45, 7) is 1.86. The molecule has 3 heterocycles. The summed E-state index contributed by atoms with van der Waals surface area (Å²) >= 11 is 4.69. The van der Waals surface area contributed by atoms with Crippen molar-refractivity contribution in [3.8, 4) is 11.4 Å². The van der Waals surface area contributed by atoms with Crippen LogP contribution in [0.5, 0.6) is 0 Å². The number of thiazole rings is 1. The van der Waals surface area contributed by atoms with Gasteiger partial charge in [0, 0.05) is 16.1 Å². The van der Waals surface area contributed by atoms with E-state index in [2.05, 4.69) is 26.0 Å². The average Bonchev–Trinajstić information content (AvgIpc) is 3.19. The number of hydrogen-bond acceptors (Lipinski definition) is 5. The Morgan fingerprint density at radius 2 is 2.00 bits per heavy atom. The van der Waals surface area contributed by atoms with E-state index in [1.54, 1.807) is 6.08 Å². The maximum absolute atomic E-state index is 12.4. The Balaban J connectivity index is 1.82. The molecule has 0 saturated carbocycles. The van der Waals surface area contributed by atoms with Gasteiger partial charge in [-0.25, -0.2) is 0 Å². The summed E-state index contributed by atoms with van der Waals surface area (Å²) < 4.78 is 8.35. The van der Waals surface area contributed by atoms with Crippen LogP contribution in [-0.4, -0.2) is 14.6 Å². The quantitative estimate of drug-likeness (QED) is 0.530. The Bertz CT molecular complexity index is 1110. The second-order valence-corrected chi connectivity index (χ2v) is 6.93. The van der Waals surface area contributed by atoms with Gasteiger partial charge in [0.25, 0.3) is 5.56 Å². The van der Waals surface area contributed by atoms with E-state index in [4.69, 9.17) is 4.42 Å². The molecule has 0 spiro atoms. The van der Waals surface area contributed by atoms with Gasteiger partial charge in [-0.15, -0.1) is 5.10 Å². The molecule has 4 aromatic rings. The van der Waals surface area contributed by atoms with Crippen LogP contribution in [0.15, 0.2) is 50.1 Å². The van der Waals surface area contributed by atoms with Crippen molar-refractivity contribution in [3.05, 3.63) is 67.3 Å². The van der Waals surface area contributed by atoms with Gasteiger partial charge >= 0.3 is 0 Å². The Kier molecular flexibility index (Phi) is 3.39. The molecule has 0 radical (unpaired) electrons. The summed E-state index contributed by atoms with van der Waals surface area (Å²) in [7, 11) is 0. The fourth-order valence-electron chi connectivity index (χ4n) is 2.22. The largest absolute Gasteiger partial charge is 0.462 e.